The Kier molecular flexibility index (Phi) is 6.12. The summed E-state index contributed by atoms with van der Waals surface area (Å²) >= 11 is 0. The molecule has 2 aromatic rings. The second-order valence-corrected chi connectivity index (χ2v) is 8.67. The molecule has 3 unspecified atom stereocenters. The number of para-hydroxylation sites is 1. The van der Waals surface area contributed by atoms with Gasteiger partial charge in [0.2, 0.25) is 6.10 Å². The molecule has 152 valence electrons. The molecule has 0 saturated heterocycles. The van der Waals surface area contributed by atoms with Crippen molar-refractivity contribution in [3.8, 4) is 17.6 Å². The summed E-state index contributed by atoms with van der Waals surface area (Å²) < 4.78 is 11.6. The summed E-state index contributed by atoms with van der Waals surface area (Å²) in [5.41, 5.74) is -0.256. The first-order valence-electron chi connectivity index (χ1n) is 10.3. The van der Waals surface area contributed by atoms with E-state index in [2.05, 4.69) is 40.7 Å². The average molecular weight is 399 g/mol. The molecule has 4 nitrogen and oxygen atoms in total. The smallest absolute Gasteiger partial charge is 0.314 e. The molecule has 30 heavy (non-hydrogen) atoms. The predicted octanol–water partition coefficient (Wildman–Crippen LogP) is 4.21. The zero-order valence-corrected chi connectivity index (χ0v) is 18.3. The lowest BCUT2D eigenvalue weighted by Crippen LogP contribution is -2.23. The van der Waals surface area contributed by atoms with Crippen LogP contribution in [0.15, 0.2) is 66.0 Å². The lowest BCUT2D eigenvalue weighted by Gasteiger charge is -2.18. The van der Waals surface area contributed by atoms with Crippen LogP contribution in [-0.4, -0.2) is 21.1 Å². The quantitative estimate of drug-likeness (QED) is 0.517. The van der Waals surface area contributed by atoms with Crippen LogP contribution in [0.5, 0.6) is 11.5 Å². The lowest BCUT2D eigenvalue weighted by molar-refractivity contribution is -0.154. The summed E-state index contributed by atoms with van der Waals surface area (Å²) in [4.78, 5) is 13.1. The number of ether oxygens (including phenoxy) is 2. The van der Waals surface area contributed by atoms with E-state index in [1.807, 2.05) is 43.3 Å². The lowest BCUT2D eigenvalue weighted by atomic mass is 9.61. The van der Waals surface area contributed by atoms with Crippen LogP contribution in [0, 0.1) is 28.1 Å². The van der Waals surface area contributed by atoms with Gasteiger partial charge in [-0.1, -0.05) is 57.1 Å². The number of hydrogen-bond donors (Lipinski definition) is 0. The number of hydrogen-bond acceptors (Lipinski definition) is 4. The fourth-order valence-electron chi connectivity index (χ4n) is 3.96. The van der Waals surface area contributed by atoms with Gasteiger partial charge in [-0.2, -0.15) is 5.26 Å². The third-order valence-electron chi connectivity index (χ3n) is 6.57. The third-order valence-corrected chi connectivity index (χ3v) is 6.57. The number of carbonyl (C=O) groups excluding carboxylic acids is 1. The molecular formula is C24H27B2NO3. The predicted molar refractivity (Wildman–Crippen MR) is 122 cm³/mol. The van der Waals surface area contributed by atoms with Gasteiger partial charge in [-0.3, -0.25) is 4.79 Å². The molecule has 6 heteroatoms. The molecule has 0 aliphatic heterocycles. The Morgan fingerprint density at radius 1 is 1.17 bits per heavy atom. The van der Waals surface area contributed by atoms with Gasteiger partial charge in [0.15, 0.2) is 0 Å². The Balaban J connectivity index is 1.77. The molecule has 1 aliphatic rings. The van der Waals surface area contributed by atoms with Crippen LogP contribution in [0.3, 0.4) is 0 Å². The monoisotopic (exact) mass is 399 g/mol. The van der Waals surface area contributed by atoms with Crippen LogP contribution in [0.25, 0.3) is 0 Å². The highest BCUT2D eigenvalue weighted by molar-refractivity contribution is 6.60. The molecule has 0 heterocycles. The fourth-order valence-corrected chi connectivity index (χ4v) is 3.96. The van der Waals surface area contributed by atoms with Crippen molar-refractivity contribution in [1.82, 2.24) is 0 Å². The van der Waals surface area contributed by atoms with Crippen molar-refractivity contribution in [2.24, 2.45) is 16.7 Å². The van der Waals surface area contributed by atoms with Crippen molar-refractivity contribution < 1.29 is 14.3 Å². The van der Waals surface area contributed by atoms with Crippen LogP contribution in [-0.2, 0) is 9.53 Å². The Morgan fingerprint density at radius 3 is 2.47 bits per heavy atom. The second kappa shape index (κ2) is 8.44. The first-order chi connectivity index (χ1) is 14.2. The van der Waals surface area contributed by atoms with Gasteiger partial charge >= 0.3 is 5.97 Å². The van der Waals surface area contributed by atoms with E-state index in [-0.39, 0.29) is 17.3 Å². The van der Waals surface area contributed by atoms with Crippen molar-refractivity contribution >= 4 is 21.1 Å². The maximum absolute atomic E-state index is 13.1. The molecular weight excluding hydrogens is 372 g/mol. The molecule has 0 spiro atoms. The molecule has 2 aromatic carbocycles. The maximum atomic E-state index is 13.1. The van der Waals surface area contributed by atoms with E-state index in [1.54, 1.807) is 18.2 Å². The van der Waals surface area contributed by atoms with Gasteiger partial charge in [0.1, 0.15) is 32.7 Å². The summed E-state index contributed by atoms with van der Waals surface area (Å²) in [6.07, 6.45) is 1.19. The van der Waals surface area contributed by atoms with E-state index in [4.69, 9.17) is 9.47 Å². The molecule has 1 saturated carbocycles. The van der Waals surface area contributed by atoms with Gasteiger partial charge in [0.25, 0.3) is 0 Å². The highest BCUT2D eigenvalue weighted by Gasteiger charge is 2.72. The molecule has 0 aromatic heterocycles. The fraction of sp³-hybridized carbons (Fsp3) is 0.333. The molecule has 3 atom stereocenters. The first kappa shape index (κ1) is 21.8. The molecule has 0 amide bonds. The molecule has 1 fully saturated rings. The Hall–Kier alpha value is -2.93. The van der Waals surface area contributed by atoms with Crippen molar-refractivity contribution in [1.29, 1.82) is 5.26 Å². The van der Waals surface area contributed by atoms with E-state index < -0.39 is 11.5 Å². The molecule has 0 N–H and O–H groups in total. The molecule has 0 radical (unpaired) electrons. The van der Waals surface area contributed by atoms with Crippen LogP contribution in [0.2, 0.25) is 6.82 Å². The second-order valence-electron chi connectivity index (χ2n) is 8.67. The summed E-state index contributed by atoms with van der Waals surface area (Å²) in [6, 6.07) is 18.7. The summed E-state index contributed by atoms with van der Waals surface area (Å²) in [5.74, 6) is 1.06. The molecule has 0 bridgehead atoms. The minimum Gasteiger partial charge on any atom is -0.457 e. The highest BCUT2D eigenvalue weighted by Crippen LogP contribution is 2.70. The van der Waals surface area contributed by atoms with Crippen molar-refractivity contribution in [3.05, 3.63) is 71.6 Å². The van der Waals surface area contributed by atoms with E-state index in [0.29, 0.717) is 17.1 Å². The zero-order chi connectivity index (χ0) is 21.9. The number of rotatable bonds is 7. The van der Waals surface area contributed by atoms with Gasteiger partial charge in [-0.15, -0.1) is 5.37 Å². The minimum atomic E-state index is -0.984. The largest absolute Gasteiger partial charge is 0.457 e. The van der Waals surface area contributed by atoms with E-state index in [1.165, 1.54) is 5.37 Å². The van der Waals surface area contributed by atoms with E-state index >= 15 is 0 Å². The standard InChI is InChI=1S/C24H27B2NO3/c1-23(2)20(14-21(25)26-4)24(23,3)22(28)30-19(15-27)16-9-8-12-18(13-16)29-17-10-6-5-7-11-17/h5-14,19-20,26H,25H2,1-4H3/b21-14+. The SMILES string of the molecule is B/C(BC)=C\C1C(C)(C)C1(C)C(=O)OC(C#N)c1cccc(Oc2ccccc2)c1. The maximum Gasteiger partial charge on any atom is 0.314 e. The number of carbonyl (C=O) groups is 1. The highest BCUT2D eigenvalue weighted by atomic mass is 16.5. The number of allylic oxidation sites excluding steroid dienone is 1. The van der Waals surface area contributed by atoms with Crippen molar-refractivity contribution in [2.75, 3.05) is 0 Å². The van der Waals surface area contributed by atoms with Gasteiger partial charge in [0, 0.05) is 5.56 Å². The number of nitriles is 1. The summed E-state index contributed by atoms with van der Waals surface area (Å²) in [5, 5.41) is 11.0. The van der Waals surface area contributed by atoms with E-state index in [0.717, 1.165) is 7.28 Å². The van der Waals surface area contributed by atoms with Gasteiger partial charge in [0.05, 0.1) is 5.41 Å². The van der Waals surface area contributed by atoms with Crippen molar-refractivity contribution in [2.45, 2.75) is 33.7 Å². The van der Waals surface area contributed by atoms with Crippen LogP contribution < -0.4 is 4.74 Å². The number of esters is 1. The van der Waals surface area contributed by atoms with Crippen molar-refractivity contribution in [3.63, 3.8) is 0 Å². The summed E-state index contributed by atoms with van der Waals surface area (Å²) in [7, 11) is 3.03. The number of nitrogens with zero attached hydrogens (tertiary/aromatic N) is 1. The first-order valence-corrected chi connectivity index (χ1v) is 10.3. The van der Waals surface area contributed by atoms with Gasteiger partial charge in [-0.05, 0) is 42.5 Å². The zero-order valence-electron chi connectivity index (χ0n) is 18.3. The van der Waals surface area contributed by atoms with Crippen LogP contribution in [0.1, 0.15) is 32.4 Å². The van der Waals surface area contributed by atoms with Crippen LogP contribution in [0.4, 0.5) is 0 Å². The van der Waals surface area contributed by atoms with Gasteiger partial charge in [-0.25, -0.2) is 0 Å². The Labute approximate surface area is 180 Å². The topological polar surface area (TPSA) is 59.3 Å². The molecule has 3 rings (SSSR count). The average Bonchev–Trinajstić information content (AvgIpc) is 3.18. The normalized spacial score (nSPS) is 23.0. The number of benzene rings is 2. The van der Waals surface area contributed by atoms with Gasteiger partial charge < -0.3 is 9.47 Å². The molecule has 1 aliphatic carbocycles. The summed E-state index contributed by atoms with van der Waals surface area (Å²) in [6.45, 7) is 8.19. The Morgan fingerprint density at radius 2 is 1.83 bits per heavy atom. The van der Waals surface area contributed by atoms with E-state index in [9.17, 15) is 10.1 Å². The Bertz CT molecular complexity index is 997. The third kappa shape index (κ3) is 4.03. The minimum absolute atomic E-state index is 0.101. The van der Waals surface area contributed by atoms with Crippen LogP contribution >= 0.6 is 0 Å².